The topological polar surface area (TPSA) is 49.9 Å². The van der Waals surface area contributed by atoms with Gasteiger partial charge in [0, 0.05) is 44.4 Å². The zero-order chi connectivity index (χ0) is 18.9. The molecule has 1 aromatic carbocycles. The number of likely N-dealkylation sites (tertiary alicyclic amines) is 2. The number of hydrogen-bond donors (Lipinski definition) is 0. The third-order valence-corrected chi connectivity index (χ3v) is 5.36. The van der Waals surface area contributed by atoms with Gasteiger partial charge in [0.2, 0.25) is 11.8 Å². The van der Waals surface area contributed by atoms with E-state index in [4.69, 9.17) is 4.74 Å². The van der Waals surface area contributed by atoms with Crippen molar-refractivity contribution in [2.75, 3.05) is 19.6 Å². The fourth-order valence-electron chi connectivity index (χ4n) is 3.78. The SMILES string of the molecule is Cc1ccc(OC2CCN(C(=O)[C@@H]3CC(=O)N(C(C)(C)C)C3)CC2)cc1. The monoisotopic (exact) mass is 358 g/mol. The molecule has 1 aromatic rings. The fraction of sp³-hybridized carbons (Fsp3) is 0.619. The Balaban J connectivity index is 1.51. The van der Waals surface area contributed by atoms with Crippen molar-refractivity contribution in [1.82, 2.24) is 9.80 Å². The molecule has 3 rings (SSSR count). The van der Waals surface area contributed by atoms with Crippen LogP contribution in [-0.2, 0) is 9.59 Å². The first-order valence-corrected chi connectivity index (χ1v) is 9.56. The van der Waals surface area contributed by atoms with Crippen LogP contribution in [0, 0.1) is 12.8 Å². The molecule has 142 valence electrons. The van der Waals surface area contributed by atoms with Crippen LogP contribution in [0.4, 0.5) is 0 Å². The van der Waals surface area contributed by atoms with Crippen molar-refractivity contribution >= 4 is 11.8 Å². The van der Waals surface area contributed by atoms with Gasteiger partial charge in [0.15, 0.2) is 0 Å². The maximum atomic E-state index is 12.8. The van der Waals surface area contributed by atoms with Gasteiger partial charge < -0.3 is 14.5 Å². The lowest BCUT2D eigenvalue weighted by atomic mass is 10.0. The average Bonchev–Trinajstić information content (AvgIpc) is 2.99. The van der Waals surface area contributed by atoms with Gasteiger partial charge in [0.1, 0.15) is 11.9 Å². The van der Waals surface area contributed by atoms with E-state index in [9.17, 15) is 9.59 Å². The van der Waals surface area contributed by atoms with Gasteiger partial charge in [-0.25, -0.2) is 0 Å². The van der Waals surface area contributed by atoms with E-state index in [1.807, 2.05) is 54.8 Å². The lowest BCUT2D eigenvalue weighted by molar-refractivity contribution is -0.137. The summed E-state index contributed by atoms with van der Waals surface area (Å²) in [7, 11) is 0. The Hall–Kier alpha value is -2.04. The second-order valence-electron chi connectivity index (χ2n) is 8.53. The highest BCUT2D eigenvalue weighted by Crippen LogP contribution is 2.28. The molecule has 26 heavy (non-hydrogen) atoms. The van der Waals surface area contributed by atoms with Crippen LogP contribution in [0.1, 0.15) is 45.6 Å². The number of amides is 2. The quantitative estimate of drug-likeness (QED) is 0.835. The van der Waals surface area contributed by atoms with Crippen LogP contribution in [0.25, 0.3) is 0 Å². The number of carbonyl (C=O) groups is 2. The van der Waals surface area contributed by atoms with E-state index in [-0.39, 0.29) is 29.4 Å². The van der Waals surface area contributed by atoms with E-state index in [0.717, 1.165) is 18.6 Å². The average molecular weight is 358 g/mol. The summed E-state index contributed by atoms with van der Waals surface area (Å²) < 4.78 is 6.04. The van der Waals surface area contributed by atoms with Gasteiger partial charge in [0.25, 0.3) is 0 Å². The second kappa shape index (κ2) is 7.29. The molecule has 1 atom stereocenters. The number of piperidine rings is 1. The van der Waals surface area contributed by atoms with E-state index >= 15 is 0 Å². The molecule has 2 aliphatic rings. The smallest absolute Gasteiger partial charge is 0.227 e. The molecule has 0 saturated carbocycles. The van der Waals surface area contributed by atoms with Crippen LogP contribution in [0.2, 0.25) is 0 Å². The van der Waals surface area contributed by atoms with Gasteiger partial charge in [-0.3, -0.25) is 9.59 Å². The van der Waals surface area contributed by atoms with Crippen LogP contribution in [0.3, 0.4) is 0 Å². The first-order chi connectivity index (χ1) is 12.2. The molecule has 2 heterocycles. The number of ether oxygens (including phenoxy) is 1. The maximum Gasteiger partial charge on any atom is 0.227 e. The van der Waals surface area contributed by atoms with Crippen molar-refractivity contribution in [2.45, 2.75) is 58.6 Å². The summed E-state index contributed by atoms with van der Waals surface area (Å²) in [5, 5.41) is 0. The van der Waals surface area contributed by atoms with E-state index in [2.05, 4.69) is 6.92 Å². The Bertz CT molecular complexity index is 655. The molecule has 2 fully saturated rings. The number of benzene rings is 1. The van der Waals surface area contributed by atoms with Crippen LogP contribution in [0.5, 0.6) is 5.75 Å². The van der Waals surface area contributed by atoms with Crippen molar-refractivity contribution < 1.29 is 14.3 Å². The maximum absolute atomic E-state index is 12.8. The Labute approximate surface area is 156 Å². The lowest BCUT2D eigenvalue weighted by Gasteiger charge is -2.34. The molecule has 0 bridgehead atoms. The Kier molecular flexibility index (Phi) is 5.26. The van der Waals surface area contributed by atoms with Crippen LogP contribution < -0.4 is 4.74 Å². The Morgan fingerprint density at radius 3 is 2.27 bits per heavy atom. The molecular formula is C21H30N2O3. The zero-order valence-corrected chi connectivity index (χ0v) is 16.3. The summed E-state index contributed by atoms with van der Waals surface area (Å²) >= 11 is 0. The summed E-state index contributed by atoms with van der Waals surface area (Å²) in [6, 6.07) is 8.09. The second-order valence-corrected chi connectivity index (χ2v) is 8.53. The molecule has 2 amide bonds. The molecule has 2 aliphatic heterocycles. The largest absolute Gasteiger partial charge is 0.490 e. The predicted octanol–water partition coefficient (Wildman–Crippen LogP) is 3.01. The Morgan fingerprint density at radius 1 is 1.12 bits per heavy atom. The number of carbonyl (C=O) groups excluding carboxylic acids is 2. The summed E-state index contributed by atoms with van der Waals surface area (Å²) in [5.74, 6) is 0.909. The third kappa shape index (κ3) is 4.19. The minimum atomic E-state index is -0.221. The van der Waals surface area contributed by atoms with Gasteiger partial charge >= 0.3 is 0 Å². The number of hydrogen-bond acceptors (Lipinski definition) is 3. The fourth-order valence-corrected chi connectivity index (χ4v) is 3.78. The molecule has 5 nitrogen and oxygen atoms in total. The first kappa shape index (κ1) is 18.7. The Morgan fingerprint density at radius 2 is 1.73 bits per heavy atom. The lowest BCUT2D eigenvalue weighted by Crippen LogP contribution is -2.46. The van der Waals surface area contributed by atoms with Gasteiger partial charge in [0.05, 0.1) is 5.92 Å². The normalized spacial score (nSPS) is 22.0. The van der Waals surface area contributed by atoms with Crippen molar-refractivity contribution in [3.05, 3.63) is 29.8 Å². The number of rotatable bonds is 3. The molecule has 0 aromatic heterocycles. The number of nitrogens with zero attached hydrogens (tertiary/aromatic N) is 2. The molecule has 0 aliphatic carbocycles. The summed E-state index contributed by atoms with van der Waals surface area (Å²) in [6.07, 6.45) is 2.17. The molecule has 0 spiro atoms. The van der Waals surface area contributed by atoms with Crippen molar-refractivity contribution in [1.29, 1.82) is 0 Å². The van der Waals surface area contributed by atoms with E-state index < -0.39 is 0 Å². The number of aryl methyl sites for hydroxylation is 1. The molecule has 0 unspecified atom stereocenters. The highest BCUT2D eigenvalue weighted by Gasteiger charge is 2.41. The highest BCUT2D eigenvalue weighted by atomic mass is 16.5. The van der Waals surface area contributed by atoms with E-state index in [1.54, 1.807) is 0 Å². The predicted molar refractivity (Wildman–Crippen MR) is 101 cm³/mol. The first-order valence-electron chi connectivity index (χ1n) is 9.56. The zero-order valence-electron chi connectivity index (χ0n) is 16.3. The van der Waals surface area contributed by atoms with Crippen molar-refractivity contribution in [3.8, 4) is 5.75 Å². The van der Waals surface area contributed by atoms with Crippen molar-refractivity contribution in [3.63, 3.8) is 0 Å². The van der Waals surface area contributed by atoms with E-state index in [1.165, 1.54) is 5.56 Å². The highest BCUT2D eigenvalue weighted by molar-refractivity contribution is 5.89. The van der Waals surface area contributed by atoms with Gasteiger partial charge in [-0.05, 0) is 39.8 Å². The minimum absolute atomic E-state index is 0.0911. The van der Waals surface area contributed by atoms with Gasteiger partial charge in [-0.2, -0.15) is 0 Å². The molecule has 0 radical (unpaired) electrons. The van der Waals surface area contributed by atoms with Gasteiger partial charge in [-0.1, -0.05) is 17.7 Å². The standard InChI is InChI=1S/C21H30N2O3/c1-15-5-7-17(8-6-15)26-18-9-11-22(12-10-18)20(25)16-13-19(24)23(14-16)21(2,3)4/h5-8,16,18H,9-14H2,1-4H3/t16-/m1/s1. The molecule has 2 saturated heterocycles. The van der Waals surface area contributed by atoms with Crippen molar-refractivity contribution in [2.24, 2.45) is 5.92 Å². The summed E-state index contributed by atoms with van der Waals surface area (Å²) in [6.45, 7) is 10.1. The third-order valence-electron chi connectivity index (χ3n) is 5.36. The van der Waals surface area contributed by atoms with Crippen LogP contribution in [-0.4, -0.2) is 52.9 Å². The summed E-state index contributed by atoms with van der Waals surface area (Å²) in [5.41, 5.74) is 0.995. The van der Waals surface area contributed by atoms with E-state index in [0.29, 0.717) is 26.1 Å². The molecule has 5 heteroatoms. The summed E-state index contributed by atoms with van der Waals surface area (Å²) in [4.78, 5) is 28.8. The molecule has 0 N–H and O–H groups in total. The van der Waals surface area contributed by atoms with Crippen LogP contribution in [0.15, 0.2) is 24.3 Å². The molecular weight excluding hydrogens is 328 g/mol. The minimum Gasteiger partial charge on any atom is -0.490 e. The van der Waals surface area contributed by atoms with Crippen LogP contribution >= 0.6 is 0 Å². The van der Waals surface area contributed by atoms with Gasteiger partial charge in [-0.15, -0.1) is 0 Å².